The van der Waals surface area contributed by atoms with Crippen LogP contribution in [0.2, 0.25) is 0 Å². The molecule has 0 saturated carbocycles. The van der Waals surface area contributed by atoms with E-state index >= 15 is 0 Å². The molecule has 29 nitrogen and oxygen atoms in total. The van der Waals surface area contributed by atoms with Crippen LogP contribution in [-0.2, 0) is 71.7 Å². The Kier molecular flexibility index (Phi) is 16.5. The average molecular weight is 1140 g/mol. The molecule has 0 fully saturated rings. The summed E-state index contributed by atoms with van der Waals surface area (Å²) in [6.07, 6.45) is 6.78. The van der Waals surface area contributed by atoms with Crippen LogP contribution in [0.3, 0.4) is 0 Å². The lowest BCUT2D eigenvalue weighted by molar-refractivity contribution is 0.302. The minimum absolute atomic E-state index is 0.110. The maximum Gasteiger partial charge on any atom is 0.262 e. The van der Waals surface area contributed by atoms with Crippen LogP contribution in [0.4, 0.5) is 0 Å². The predicted molar refractivity (Wildman–Crippen MR) is 248 cm³/mol. The van der Waals surface area contributed by atoms with E-state index in [2.05, 4.69) is 36.2 Å². The number of aromatic nitrogens is 5. The molecule has 0 saturated heterocycles. The van der Waals surface area contributed by atoms with E-state index in [9.17, 15) is 74.4 Å². The van der Waals surface area contributed by atoms with Crippen molar-refractivity contribution in [3.8, 4) is 57.2 Å². The SMILES string of the molecule is O=c1c(OS(=O)(=O)[O-])c(-c2ccc(OS(=O)(=O)[O-])c(OS(=O)(=O)[O-])c2)oc2cc(OS(=O)(=O)[O-])cc(OCc3cn(CCCCCCCCCn4c(-c5ccc(OS(=O)(=O)[O-])cc5)nc5ccccc5c4=O)nn3)c12. The number of unbranched alkanes of at least 4 members (excludes halogenated alkanes) is 6. The first-order valence-corrected chi connectivity index (χ1v) is 27.9. The summed E-state index contributed by atoms with van der Waals surface area (Å²) < 4.78 is 207. The van der Waals surface area contributed by atoms with Gasteiger partial charge >= 0.3 is 0 Å². The second-order valence-corrected chi connectivity index (χ2v) is 20.6. The monoisotopic (exact) mass is 1140 g/mol. The zero-order valence-electron chi connectivity index (χ0n) is 37.7. The van der Waals surface area contributed by atoms with Gasteiger partial charge in [-0.15, -0.1) is 5.10 Å². The van der Waals surface area contributed by atoms with Crippen LogP contribution in [0.5, 0.6) is 34.5 Å². The van der Waals surface area contributed by atoms with Crippen molar-refractivity contribution in [1.82, 2.24) is 24.5 Å². The van der Waals surface area contributed by atoms with Gasteiger partial charge in [0, 0.05) is 36.3 Å². The molecule has 0 radical (unpaired) electrons. The molecule has 75 heavy (non-hydrogen) atoms. The van der Waals surface area contributed by atoms with Gasteiger partial charge in [-0.25, -0.2) is 47.1 Å². The number of aryl methyl sites for hydroxylation is 1. The summed E-state index contributed by atoms with van der Waals surface area (Å²) in [5.41, 5.74) is -2.25. The number of nitrogens with zero attached hydrogens (tertiary/aromatic N) is 5. The van der Waals surface area contributed by atoms with Gasteiger partial charge < -0.3 is 52.8 Å². The van der Waals surface area contributed by atoms with Gasteiger partial charge in [0.15, 0.2) is 17.3 Å². The van der Waals surface area contributed by atoms with Gasteiger partial charge in [-0.05, 0) is 67.4 Å². The zero-order valence-corrected chi connectivity index (χ0v) is 41.8. The molecule has 34 heteroatoms. The van der Waals surface area contributed by atoms with E-state index in [1.165, 1.54) is 35.1 Å². The smallest absolute Gasteiger partial charge is 0.262 e. The second kappa shape index (κ2) is 22.3. The molecule has 0 unspecified atom stereocenters. The minimum Gasteiger partial charge on any atom is -0.716 e. The van der Waals surface area contributed by atoms with Crippen LogP contribution in [0.1, 0.15) is 50.6 Å². The van der Waals surface area contributed by atoms with Gasteiger partial charge in [0.05, 0.1) is 17.1 Å². The lowest BCUT2D eigenvalue weighted by atomic mass is 10.1. The highest BCUT2D eigenvalue weighted by atomic mass is 32.3. The normalized spacial score (nSPS) is 12.4. The Balaban J connectivity index is 1.000. The largest absolute Gasteiger partial charge is 0.716 e. The lowest BCUT2D eigenvalue weighted by Crippen LogP contribution is -2.23. The van der Waals surface area contributed by atoms with Gasteiger partial charge in [0.1, 0.15) is 46.3 Å². The molecule has 4 aromatic carbocycles. The fourth-order valence-corrected chi connectivity index (χ4v) is 9.10. The van der Waals surface area contributed by atoms with Gasteiger partial charge in [-0.1, -0.05) is 49.5 Å². The molecule has 0 spiro atoms. The molecule has 0 bridgehead atoms. The first kappa shape index (κ1) is 55.5. The minimum atomic E-state index is -5.89. The quantitative estimate of drug-likeness (QED) is 0.0451. The van der Waals surface area contributed by atoms with Gasteiger partial charge in [-0.3, -0.25) is 18.8 Å². The molecule has 3 heterocycles. The average Bonchev–Trinajstić information content (AvgIpc) is 3.75. The molecular formula is C41H34N5O24S5-5. The van der Waals surface area contributed by atoms with Crippen LogP contribution in [0.25, 0.3) is 44.6 Å². The van der Waals surface area contributed by atoms with E-state index in [0.29, 0.717) is 78.6 Å². The summed E-state index contributed by atoms with van der Waals surface area (Å²) in [4.78, 5) is 32.2. The molecule has 0 aliphatic rings. The van der Waals surface area contributed by atoms with Gasteiger partial charge in [0.2, 0.25) is 11.2 Å². The summed E-state index contributed by atoms with van der Waals surface area (Å²) in [5, 5.41) is 7.65. The van der Waals surface area contributed by atoms with Crippen molar-refractivity contribution in [1.29, 1.82) is 0 Å². The van der Waals surface area contributed by atoms with E-state index in [-0.39, 0.29) is 17.0 Å². The highest BCUT2D eigenvalue weighted by Crippen LogP contribution is 2.41. The molecule has 7 aromatic rings. The van der Waals surface area contributed by atoms with Crippen molar-refractivity contribution in [2.75, 3.05) is 0 Å². The number of hydrogen-bond acceptors (Lipinski definition) is 27. The summed E-state index contributed by atoms with van der Waals surface area (Å²) in [5.74, 6) is -6.53. The maximum atomic E-state index is 14.0. The first-order chi connectivity index (χ1) is 35.1. The number of ether oxygens (including phenoxy) is 1. The maximum absolute atomic E-state index is 14.0. The Labute approximate surface area is 424 Å². The summed E-state index contributed by atoms with van der Waals surface area (Å²) >= 11 is 0. The molecule has 0 aliphatic carbocycles. The zero-order chi connectivity index (χ0) is 54.5. The van der Waals surface area contributed by atoms with E-state index < -0.39 is 115 Å². The fraction of sp³-hybridized carbons (Fsp3) is 0.244. The molecule has 0 atom stereocenters. The van der Waals surface area contributed by atoms with Crippen molar-refractivity contribution in [3.05, 3.63) is 111 Å². The number of fused-ring (bicyclic) bond motifs is 2. The Hall–Kier alpha value is -7.28. The molecule has 0 aliphatic heterocycles. The van der Waals surface area contributed by atoms with Crippen LogP contribution >= 0.6 is 0 Å². The van der Waals surface area contributed by atoms with Gasteiger partial charge in [-0.2, -0.15) is 0 Å². The van der Waals surface area contributed by atoms with Crippen molar-refractivity contribution >= 4 is 73.9 Å². The predicted octanol–water partition coefficient (Wildman–Crippen LogP) is 2.63. The van der Waals surface area contributed by atoms with Crippen molar-refractivity contribution in [2.24, 2.45) is 0 Å². The first-order valence-electron chi connectivity index (χ1n) is 21.3. The molecule has 0 amide bonds. The Morgan fingerprint density at radius 2 is 1.13 bits per heavy atom. The lowest BCUT2D eigenvalue weighted by Gasteiger charge is -2.18. The fourth-order valence-electron chi connectivity index (χ4n) is 7.36. The van der Waals surface area contributed by atoms with Crippen molar-refractivity contribution in [2.45, 2.75) is 64.6 Å². The summed E-state index contributed by atoms with van der Waals surface area (Å²) in [6, 6.07) is 15.2. The molecule has 3 aromatic heterocycles. The third-order valence-corrected chi connectivity index (χ3v) is 12.2. The van der Waals surface area contributed by atoms with Crippen molar-refractivity contribution < 1.29 is 94.9 Å². The number of benzene rings is 4. The van der Waals surface area contributed by atoms with E-state index in [0.717, 1.165) is 32.1 Å². The molecule has 0 N–H and O–H groups in total. The number of rotatable bonds is 25. The standard InChI is InChI=1S/C41H39N5O24S5/c47-37-36-34(21-29(67-72(52,53)54)22-35(36)65-38(39(37)70-75(61,62)63)26-14-17-32(68-73(55,56)57)33(20-26)69-74(58,59)60)64-24-27-23-45(44-43-27)18-8-4-2-1-3-5-9-19-46-40(42-31-11-7-6-10-30(31)41(46)48)25-12-15-28(16-13-25)66-71(49,50)51/h6-7,10-17,20-23H,1-5,8-9,18-19,24H2,(H,49,50,51)(H,52,53,54)(H,55,56,57)(H,58,59,60)(H,61,62,63)/p-5. The number of hydrogen-bond donors (Lipinski definition) is 0. The number of para-hydroxylation sites is 1. The van der Waals surface area contributed by atoms with Crippen LogP contribution in [0.15, 0.2) is 99.1 Å². The third-order valence-electron chi connectivity index (χ3n) is 10.3. The molecule has 7 rings (SSSR count). The summed E-state index contributed by atoms with van der Waals surface area (Å²) in [7, 11) is -27.9. The highest BCUT2D eigenvalue weighted by Gasteiger charge is 2.26. The Morgan fingerprint density at radius 3 is 1.77 bits per heavy atom. The topological polar surface area (TPSA) is 437 Å². The molecular weight excluding hydrogens is 1110 g/mol. The summed E-state index contributed by atoms with van der Waals surface area (Å²) in [6.45, 7) is 0.165. The van der Waals surface area contributed by atoms with Crippen LogP contribution < -0.4 is 36.6 Å². The van der Waals surface area contributed by atoms with E-state index in [4.69, 9.17) is 9.15 Å². The second-order valence-electron chi connectivity index (χ2n) is 15.7. The Bertz CT molecular complexity index is 4000. The van der Waals surface area contributed by atoms with Crippen LogP contribution in [0, 0.1) is 0 Å². The highest BCUT2D eigenvalue weighted by molar-refractivity contribution is 7.82. The molecule has 402 valence electrons. The Morgan fingerprint density at radius 1 is 0.560 bits per heavy atom. The third kappa shape index (κ3) is 15.6. The van der Waals surface area contributed by atoms with Crippen molar-refractivity contribution in [3.63, 3.8) is 0 Å². The van der Waals surface area contributed by atoms with Crippen LogP contribution in [-0.4, -0.2) is 89.4 Å². The van der Waals surface area contributed by atoms with E-state index in [1.54, 1.807) is 28.8 Å². The van der Waals surface area contributed by atoms with Gasteiger partial charge in [0.25, 0.3) is 57.6 Å². The van der Waals surface area contributed by atoms with E-state index in [1.807, 2.05) is 0 Å².